The molecule has 0 saturated carbocycles. The Morgan fingerprint density at radius 3 is 2.16 bits per heavy atom. The zero-order valence-corrected chi connectivity index (χ0v) is 23.8. The van der Waals surface area contributed by atoms with Gasteiger partial charge in [-0.2, -0.15) is 0 Å². The van der Waals surface area contributed by atoms with Crippen LogP contribution in [0, 0.1) is 13.8 Å². The van der Waals surface area contributed by atoms with Crippen molar-refractivity contribution in [2.75, 3.05) is 17.4 Å². The quantitative estimate of drug-likeness (QED) is 0.370. The highest BCUT2D eigenvalue weighted by Gasteiger charge is 2.32. The van der Waals surface area contributed by atoms with E-state index in [-0.39, 0.29) is 17.3 Å². The molecule has 1 atom stereocenters. The number of halogens is 1. The van der Waals surface area contributed by atoms with E-state index in [0.717, 1.165) is 25.5 Å². The van der Waals surface area contributed by atoms with Crippen molar-refractivity contribution < 1.29 is 18.0 Å². The standard InChI is InChI=1S/C28H32BrN3O4S/c1-5-30-28(34)22(4)31(18-23-9-7-6-8-21(23)3)27(33)19-32(25-14-12-24(29)13-15-25)37(35,36)26-16-10-20(2)11-17-26/h6-17,22H,5,18-19H2,1-4H3,(H,30,34)/t22-/m0/s1. The molecule has 3 aromatic carbocycles. The number of amides is 2. The van der Waals surface area contributed by atoms with Gasteiger partial charge in [-0.1, -0.05) is 57.9 Å². The molecule has 7 nitrogen and oxygen atoms in total. The van der Waals surface area contributed by atoms with Crippen LogP contribution in [0.4, 0.5) is 5.69 Å². The summed E-state index contributed by atoms with van der Waals surface area (Å²) < 4.78 is 29.4. The molecule has 0 spiro atoms. The molecule has 0 aliphatic rings. The highest BCUT2D eigenvalue weighted by atomic mass is 79.9. The lowest BCUT2D eigenvalue weighted by Crippen LogP contribution is -2.51. The molecular weight excluding hydrogens is 554 g/mol. The van der Waals surface area contributed by atoms with Crippen LogP contribution in [-0.4, -0.2) is 44.3 Å². The van der Waals surface area contributed by atoms with E-state index < -0.39 is 28.5 Å². The normalized spacial score (nSPS) is 12.0. The zero-order chi connectivity index (χ0) is 27.2. The Hall–Kier alpha value is -3.17. The van der Waals surface area contributed by atoms with Gasteiger partial charge in [0.15, 0.2) is 0 Å². The summed E-state index contributed by atoms with van der Waals surface area (Å²) in [5.41, 5.74) is 3.12. The Morgan fingerprint density at radius 1 is 0.946 bits per heavy atom. The fourth-order valence-electron chi connectivity index (χ4n) is 3.85. The maximum Gasteiger partial charge on any atom is 0.264 e. The van der Waals surface area contributed by atoms with Crippen molar-refractivity contribution in [2.45, 2.75) is 45.2 Å². The van der Waals surface area contributed by atoms with E-state index in [1.54, 1.807) is 43.3 Å². The molecule has 1 N–H and O–H groups in total. The third kappa shape index (κ3) is 6.99. The van der Waals surface area contributed by atoms with Crippen LogP contribution >= 0.6 is 15.9 Å². The fourth-order valence-corrected chi connectivity index (χ4v) is 5.53. The number of nitrogens with zero attached hydrogens (tertiary/aromatic N) is 2. The molecule has 3 aromatic rings. The molecular formula is C28H32BrN3O4S. The third-order valence-electron chi connectivity index (χ3n) is 6.12. The van der Waals surface area contributed by atoms with Gasteiger partial charge in [-0.25, -0.2) is 8.42 Å². The van der Waals surface area contributed by atoms with Crippen LogP contribution in [0.15, 0.2) is 82.2 Å². The van der Waals surface area contributed by atoms with Crippen LogP contribution in [-0.2, 0) is 26.2 Å². The van der Waals surface area contributed by atoms with Crippen LogP contribution in [0.5, 0.6) is 0 Å². The topological polar surface area (TPSA) is 86.8 Å². The van der Waals surface area contributed by atoms with E-state index in [4.69, 9.17) is 0 Å². The molecule has 0 saturated heterocycles. The number of aryl methyl sites for hydroxylation is 2. The van der Waals surface area contributed by atoms with Crippen molar-refractivity contribution in [1.82, 2.24) is 10.2 Å². The molecule has 196 valence electrons. The number of likely N-dealkylation sites (N-methyl/N-ethyl adjacent to an activating group) is 1. The summed E-state index contributed by atoms with van der Waals surface area (Å²) in [6, 6.07) is 20.0. The monoisotopic (exact) mass is 585 g/mol. The molecule has 0 unspecified atom stereocenters. The Kier molecular flexibility index (Phi) is 9.50. The second-order valence-electron chi connectivity index (χ2n) is 8.82. The highest BCUT2D eigenvalue weighted by Crippen LogP contribution is 2.26. The number of sulfonamides is 1. The van der Waals surface area contributed by atoms with E-state index in [1.165, 1.54) is 17.0 Å². The van der Waals surface area contributed by atoms with Crippen molar-refractivity contribution in [3.05, 3.63) is 94.0 Å². The fraction of sp³-hybridized carbons (Fsp3) is 0.286. The minimum atomic E-state index is -4.08. The van der Waals surface area contributed by atoms with E-state index in [9.17, 15) is 18.0 Å². The highest BCUT2D eigenvalue weighted by molar-refractivity contribution is 9.10. The van der Waals surface area contributed by atoms with E-state index in [2.05, 4.69) is 21.2 Å². The molecule has 0 fully saturated rings. The molecule has 0 aliphatic carbocycles. The zero-order valence-electron chi connectivity index (χ0n) is 21.4. The first-order valence-corrected chi connectivity index (χ1v) is 14.2. The van der Waals surface area contributed by atoms with Crippen LogP contribution in [0.1, 0.15) is 30.5 Å². The SMILES string of the molecule is CCNC(=O)[C@H](C)N(Cc1ccccc1C)C(=O)CN(c1ccc(Br)cc1)S(=O)(=O)c1ccc(C)cc1. The van der Waals surface area contributed by atoms with Crippen molar-refractivity contribution in [3.63, 3.8) is 0 Å². The van der Waals surface area contributed by atoms with E-state index in [1.807, 2.05) is 45.0 Å². The molecule has 0 bridgehead atoms. The predicted octanol–water partition coefficient (Wildman–Crippen LogP) is 4.81. The summed E-state index contributed by atoms with van der Waals surface area (Å²) >= 11 is 3.38. The maximum absolute atomic E-state index is 13.8. The third-order valence-corrected chi connectivity index (χ3v) is 8.44. The van der Waals surface area contributed by atoms with Gasteiger partial charge in [0.2, 0.25) is 11.8 Å². The van der Waals surface area contributed by atoms with Gasteiger partial charge in [-0.05, 0) is 75.2 Å². The summed E-state index contributed by atoms with van der Waals surface area (Å²) in [5, 5.41) is 2.76. The van der Waals surface area contributed by atoms with E-state index in [0.29, 0.717) is 12.2 Å². The minimum Gasteiger partial charge on any atom is -0.355 e. The average Bonchev–Trinajstić information content (AvgIpc) is 2.87. The first kappa shape index (κ1) is 28.4. The van der Waals surface area contributed by atoms with Gasteiger partial charge in [0, 0.05) is 17.6 Å². The molecule has 0 radical (unpaired) electrons. The van der Waals surface area contributed by atoms with Gasteiger partial charge in [-0.3, -0.25) is 13.9 Å². The number of benzene rings is 3. The number of carbonyl (C=O) groups is 2. The summed E-state index contributed by atoms with van der Waals surface area (Å²) in [6.07, 6.45) is 0. The van der Waals surface area contributed by atoms with Gasteiger partial charge in [0.25, 0.3) is 10.0 Å². The van der Waals surface area contributed by atoms with Gasteiger partial charge < -0.3 is 10.2 Å². The number of hydrogen-bond acceptors (Lipinski definition) is 4. The summed E-state index contributed by atoms with van der Waals surface area (Å²) in [6.45, 7) is 7.39. The number of anilines is 1. The lowest BCUT2D eigenvalue weighted by Gasteiger charge is -2.32. The van der Waals surface area contributed by atoms with Crippen molar-refractivity contribution in [2.24, 2.45) is 0 Å². The second-order valence-corrected chi connectivity index (χ2v) is 11.6. The summed E-state index contributed by atoms with van der Waals surface area (Å²) in [5.74, 6) is -0.790. The maximum atomic E-state index is 13.8. The lowest BCUT2D eigenvalue weighted by atomic mass is 10.1. The van der Waals surface area contributed by atoms with E-state index >= 15 is 0 Å². The Labute approximate surface area is 227 Å². The molecule has 9 heteroatoms. The largest absolute Gasteiger partial charge is 0.355 e. The van der Waals surface area contributed by atoms with Crippen LogP contribution in [0.3, 0.4) is 0 Å². The summed E-state index contributed by atoms with van der Waals surface area (Å²) in [4.78, 5) is 28.1. The number of carbonyl (C=O) groups excluding carboxylic acids is 2. The smallest absolute Gasteiger partial charge is 0.264 e. The van der Waals surface area contributed by atoms with Gasteiger partial charge >= 0.3 is 0 Å². The molecule has 37 heavy (non-hydrogen) atoms. The second kappa shape index (κ2) is 12.4. The molecule has 2 amide bonds. The molecule has 0 aromatic heterocycles. The first-order valence-electron chi connectivity index (χ1n) is 12.0. The Bertz CT molecular complexity index is 1340. The lowest BCUT2D eigenvalue weighted by molar-refractivity contribution is -0.139. The molecule has 3 rings (SSSR count). The van der Waals surface area contributed by atoms with Gasteiger partial charge in [0.1, 0.15) is 12.6 Å². The number of rotatable bonds is 10. The first-order chi connectivity index (χ1) is 17.5. The number of hydrogen-bond donors (Lipinski definition) is 1. The molecule has 0 aliphatic heterocycles. The number of nitrogens with one attached hydrogen (secondary N) is 1. The van der Waals surface area contributed by atoms with Crippen molar-refractivity contribution in [3.8, 4) is 0 Å². The van der Waals surface area contributed by atoms with Crippen molar-refractivity contribution >= 4 is 43.5 Å². The van der Waals surface area contributed by atoms with Crippen molar-refractivity contribution in [1.29, 1.82) is 0 Å². The van der Waals surface area contributed by atoms with Crippen LogP contribution in [0.2, 0.25) is 0 Å². The Morgan fingerprint density at radius 2 is 1.57 bits per heavy atom. The summed E-state index contributed by atoms with van der Waals surface area (Å²) in [7, 11) is -4.08. The van der Waals surface area contributed by atoms with Gasteiger partial charge in [-0.15, -0.1) is 0 Å². The minimum absolute atomic E-state index is 0.0797. The van der Waals surface area contributed by atoms with Gasteiger partial charge in [0.05, 0.1) is 10.6 Å². The predicted molar refractivity (Wildman–Crippen MR) is 150 cm³/mol. The van der Waals surface area contributed by atoms with Crippen LogP contribution < -0.4 is 9.62 Å². The Balaban J connectivity index is 2.03. The van der Waals surface area contributed by atoms with Crippen LogP contribution in [0.25, 0.3) is 0 Å². The average molecular weight is 587 g/mol. The molecule has 0 heterocycles.